The topological polar surface area (TPSA) is 96.4 Å². The van der Waals surface area contributed by atoms with Gasteiger partial charge in [0.15, 0.2) is 0 Å². The number of carbonyl (C=O) groups is 1. The standard InChI is InChI=1S/C25H25ClN2O4S/c26-21-12-14-23(15-13-21)33(31,32)28-22-9-5-7-19(17-22)24(20-8-6-16-27-18-20)10-3-1-2-4-11-25(29)30/h5-10,12-18,28H,1-4,11H2,(H,29,30). The molecule has 33 heavy (non-hydrogen) atoms. The lowest BCUT2D eigenvalue weighted by atomic mass is 9.97. The number of allylic oxidation sites excluding steroid dienone is 1. The number of carboxylic acids is 1. The van der Waals surface area contributed by atoms with E-state index in [0.717, 1.165) is 36.0 Å². The minimum absolute atomic E-state index is 0.127. The summed E-state index contributed by atoms with van der Waals surface area (Å²) in [6, 6.07) is 17.0. The number of carboxylic acid groups (broad SMARTS) is 1. The van der Waals surface area contributed by atoms with E-state index in [1.165, 1.54) is 24.3 Å². The van der Waals surface area contributed by atoms with Gasteiger partial charge in [-0.05, 0) is 72.9 Å². The summed E-state index contributed by atoms with van der Waals surface area (Å²) in [5, 5.41) is 9.24. The number of unbranched alkanes of at least 4 members (excludes halogenated alkanes) is 3. The second-order valence-corrected chi connectivity index (χ2v) is 9.61. The Bertz CT molecular complexity index is 1210. The second kappa shape index (κ2) is 11.6. The van der Waals surface area contributed by atoms with Gasteiger partial charge >= 0.3 is 5.97 Å². The highest BCUT2D eigenvalue weighted by Gasteiger charge is 2.15. The molecule has 0 saturated heterocycles. The highest BCUT2D eigenvalue weighted by Crippen LogP contribution is 2.27. The maximum absolute atomic E-state index is 12.8. The van der Waals surface area contributed by atoms with Crippen molar-refractivity contribution in [3.05, 3.63) is 95.3 Å². The van der Waals surface area contributed by atoms with Gasteiger partial charge in [-0.15, -0.1) is 0 Å². The lowest BCUT2D eigenvalue weighted by Gasteiger charge is -2.12. The molecule has 3 aromatic rings. The summed E-state index contributed by atoms with van der Waals surface area (Å²) in [6.07, 6.45) is 8.83. The molecule has 0 unspecified atom stereocenters. The molecule has 1 aromatic heterocycles. The number of pyridine rings is 1. The van der Waals surface area contributed by atoms with Gasteiger partial charge in [-0.25, -0.2) is 8.42 Å². The van der Waals surface area contributed by atoms with Crippen LogP contribution < -0.4 is 4.72 Å². The van der Waals surface area contributed by atoms with Gasteiger partial charge < -0.3 is 5.11 Å². The van der Waals surface area contributed by atoms with Crippen molar-refractivity contribution in [1.29, 1.82) is 0 Å². The maximum atomic E-state index is 12.8. The van der Waals surface area contributed by atoms with Crippen molar-refractivity contribution < 1.29 is 18.3 Å². The molecular formula is C25H25ClN2O4S. The lowest BCUT2D eigenvalue weighted by Crippen LogP contribution is -2.12. The van der Waals surface area contributed by atoms with Crippen LogP contribution in [0, 0.1) is 0 Å². The zero-order valence-corrected chi connectivity index (χ0v) is 19.5. The van der Waals surface area contributed by atoms with Crippen LogP contribution in [-0.2, 0) is 14.8 Å². The largest absolute Gasteiger partial charge is 0.481 e. The molecule has 0 saturated carbocycles. The van der Waals surface area contributed by atoms with Crippen molar-refractivity contribution in [2.75, 3.05) is 4.72 Å². The Balaban J connectivity index is 1.81. The van der Waals surface area contributed by atoms with Gasteiger partial charge in [-0.2, -0.15) is 0 Å². The molecule has 2 N–H and O–H groups in total. The number of hydrogen-bond donors (Lipinski definition) is 2. The van der Waals surface area contributed by atoms with Crippen LogP contribution in [0.2, 0.25) is 5.02 Å². The van der Waals surface area contributed by atoms with E-state index >= 15 is 0 Å². The Morgan fingerprint density at radius 2 is 1.76 bits per heavy atom. The van der Waals surface area contributed by atoms with E-state index in [4.69, 9.17) is 16.7 Å². The molecule has 3 rings (SSSR count). The normalized spacial score (nSPS) is 11.8. The highest BCUT2D eigenvalue weighted by atomic mass is 35.5. The molecule has 0 radical (unpaired) electrons. The molecule has 0 bridgehead atoms. The first-order valence-electron chi connectivity index (χ1n) is 10.6. The van der Waals surface area contributed by atoms with Gasteiger partial charge in [0.05, 0.1) is 4.90 Å². The molecule has 0 aliphatic rings. The lowest BCUT2D eigenvalue weighted by molar-refractivity contribution is -0.137. The van der Waals surface area contributed by atoms with Gasteiger partial charge in [0.1, 0.15) is 0 Å². The third-order valence-electron chi connectivity index (χ3n) is 4.97. The number of hydrogen-bond acceptors (Lipinski definition) is 4. The number of nitrogens with one attached hydrogen (secondary N) is 1. The SMILES string of the molecule is O=C(O)CCCCCC=C(c1cccnc1)c1cccc(NS(=O)(=O)c2ccc(Cl)cc2)c1. The van der Waals surface area contributed by atoms with Crippen LogP contribution in [0.5, 0.6) is 0 Å². The molecular weight excluding hydrogens is 460 g/mol. The quantitative estimate of drug-likeness (QED) is 0.325. The number of benzene rings is 2. The van der Waals surface area contributed by atoms with E-state index in [2.05, 4.69) is 15.8 Å². The fourth-order valence-electron chi connectivity index (χ4n) is 3.35. The molecule has 0 aliphatic heterocycles. The third-order valence-corrected chi connectivity index (χ3v) is 6.61. The number of sulfonamides is 1. The summed E-state index contributed by atoms with van der Waals surface area (Å²) in [7, 11) is -3.76. The van der Waals surface area contributed by atoms with Crippen LogP contribution in [0.1, 0.15) is 43.2 Å². The number of nitrogens with zero attached hydrogens (tertiary/aromatic N) is 1. The number of rotatable bonds is 11. The molecule has 0 fully saturated rings. The average Bonchev–Trinajstić information content (AvgIpc) is 2.79. The minimum atomic E-state index is -3.76. The fraction of sp³-hybridized carbons (Fsp3) is 0.200. The molecule has 8 heteroatoms. The number of aliphatic carboxylic acids is 1. The number of anilines is 1. The summed E-state index contributed by atoms with van der Waals surface area (Å²) in [5.74, 6) is -0.778. The molecule has 1 heterocycles. The highest BCUT2D eigenvalue weighted by molar-refractivity contribution is 7.92. The van der Waals surface area contributed by atoms with Gasteiger partial charge in [0.25, 0.3) is 10.0 Å². The first-order chi connectivity index (χ1) is 15.8. The van der Waals surface area contributed by atoms with E-state index in [0.29, 0.717) is 17.1 Å². The first-order valence-corrected chi connectivity index (χ1v) is 12.4. The number of aromatic nitrogens is 1. The summed E-state index contributed by atoms with van der Waals surface area (Å²) in [5.41, 5.74) is 3.15. The molecule has 0 amide bonds. The predicted molar refractivity (Wildman–Crippen MR) is 131 cm³/mol. The predicted octanol–water partition coefficient (Wildman–Crippen LogP) is 6.00. The van der Waals surface area contributed by atoms with E-state index in [-0.39, 0.29) is 11.3 Å². The van der Waals surface area contributed by atoms with E-state index in [1.807, 2.05) is 18.2 Å². The number of halogens is 1. The summed E-state index contributed by atoms with van der Waals surface area (Å²) >= 11 is 5.87. The Morgan fingerprint density at radius 3 is 2.45 bits per heavy atom. The zero-order chi connectivity index (χ0) is 23.7. The van der Waals surface area contributed by atoms with Crippen LogP contribution in [0.15, 0.2) is 84.0 Å². The van der Waals surface area contributed by atoms with Crippen LogP contribution in [0.25, 0.3) is 5.57 Å². The Labute approximate surface area is 199 Å². The third kappa shape index (κ3) is 7.44. The molecule has 0 atom stereocenters. The van der Waals surface area contributed by atoms with Crippen molar-refractivity contribution in [3.8, 4) is 0 Å². The van der Waals surface area contributed by atoms with Crippen molar-refractivity contribution in [3.63, 3.8) is 0 Å². The first kappa shape index (κ1) is 24.5. The van der Waals surface area contributed by atoms with Crippen molar-refractivity contribution in [2.24, 2.45) is 0 Å². The zero-order valence-electron chi connectivity index (χ0n) is 17.9. The molecule has 6 nitrogen and oxygen atoms in total. The van der Waals surface area contributed by atoms with E-state index < -0.39 is 16.0 Å². The molecule has 2 aromatic carbocycles. The Hall–Kier alpha value is -3.16. The molecule has 0 aliphatic carbocycles. The van der Waals surface area contributed by atoms with Gasteiger partial charge in [0, 0.05) is 35.1 Å². The van der Waals surface area contributed by atoms with Crippen LogP contribution in [-0.4, -0.2) is 24.5 Å². The van der Waals surface area contributed by atoms with Crippen LogP contribution in [0.4, 0.5) is 5.69 Å². The monoisotopic (exact) mass is 484 g/mol. The Morgan fingerprint density at radius 1 is 1.00 bits per heavy atom. The van der Waals surface area contributed by atoms with Gasteiger partial charge in [-0.1, -0.05) is 42.3 Å². The van der Waals surface area contributed by atoms with Crippen LogP contribution in [0.3, 0.4) is 0 Å². The Kier molecular flexibility index (Phi) is 8.63. The van der Waals surface area contributed by atoms with Crippen molar-refractivity contribution in [1.82, 2.24) is 4.98 Å². The summed E-state index contributed by atoms with van der Waals surface area (Å²) in [6.45, 7) is 0. The van der Waals surface area contributed by atoms with Gasteiger partial charge in [-0.3, -0.25) is 14.5 Å². The van der Waals surface area contributed by atoms with Crippen molar-refractivity contribution >= 4 is 38.9 Å². The van der Waals surface area contributed by atoms with E-state index in [9.17, 15) is 13.2 Å². The van der Waals surface area contributed by atoms with Crippen molar-refractivity contribution in [2.45, 2.75) is 37.0 Å². The average molecular weight is 485 g/mol. The minimum Gasteiger partial charge on any atom is -0.481 e. The molecule has 0 spiro atoms. The maximum Gasteiger partial charge on any atom is 0.303 e. The smallest absolute Gasteiger partial charge is 0.303 e. The summed E-state index contributed by atoms with van der Waals surface area (Å²) in [4.78, 5) is 15.0. The van der Waals surface area contributed by atoms with Gasteiger partial charge in [0.2, 0.25) is 0 Å². The second-order valence-electron chi connectivity index (χ2n) is 7.49. The summed E-state index contributed by atoms with van der Waals surface area (Å²) < 4.78 is 28.2. The fourth-order valence-corrected chi connectivity index (χ4v) is 4.52. The molecule has 172 valence electrons. The van der Waals surface area contributed by atoms with Crippen LogP contribution >= 0.6 is 11.6 Å². The van der Waals surface area contributed by atoms with E-state index in [1.54, 1.807) is 30.6 Å².